The molecule has 7 rings (SSSR count). The molecule has 0 bridgehead atoms. The van der Waals surface area contributed by atoms with Crippen LogP contribution in [-0.4, -0.2) is 58.9 Å². The van der Waals surface area contributed by atoms with Gasteiger partial charge in [0.15, 0.2) is 0 Å². The van der Waals surface area contributed by atoms with Crippen LogP contribution in [0.25, 0.3) is 0 Å². The monoisotopic (exact) mass is 572 g/mol. The maximum atomic E-state index is 14.4. The lowest BCUT2D eigenvalue weighted by Crippen LogP contribution is -2.70. The van der Waals surface area contributed by atoms with Gasteiger partial charge in [-0.05, 0) is 86.7 Å². The third-order valence-corrected chi connectivity index (χ3v) is 10.2. The molecule has 42 heavy (non-hydrogen) atoms. The summed E-state index contributed by atoms with van der Waals surface area (Å²) in [4.78, 5) is 35.5. The number of pyridine rings is 1. The van der Waals surface area contributed by atoms with Crippen molar-refractivity contribution in [3.8, 4) is 5.75 Å². The maximum Gasteiger partial charge on any atom is 0.243 e. The van der Waals surface area contributed by atoms with Gasteiger partial charge < -0.3 is 15.0 Å². The third kappa shape index (κ3) is 3.96. The molecular weight excluding hydrogens is 538 g/mol. The predicted octanol–water partition coefficient (Wildman–Crippen LogP) is 4.73. The zero-order valence-electron chi connectivity index (χ0n) is 23.9. The molecule has 2 aliphatic heterocycles. The number of ether oxygens (including phenoxy) is 1. The van der Waals surface area contributed by atoms with E-state index in [1.54, 1.807) is 11.1 Å². The molecule has 2 fully saturated rings. The Morgan fingerprint density at radius 2 is 1.74 bits per heavy atom. The first-order valence-corrected chi connectivity index (χ1v) is 14.7. The minimum absolute atomic E-state index is 0.0139. The molecule has 3 aromatic rings. The molecule has 2 spiro atoms. The average molecular weight is 573 g/mol. The summed E-state index contributed by atoms with van der Waals surface area (Å²) in [6.45, 7) is 2.83. The standard InChI is InChI=1S/C33H34F2N4O3/c1-31(23-15-24(34)17-25(35)16-23)20-38(2)33(9-3-4-10-33)30(41)39(31)12-13-42-26-8-7-21-18-32(19-22(21)14-26)27-6-5-11-36-28(27)37-29(32)40/h5-8,11,14-17H,3-4,9-10,12-13,18-20H2,1-2H3,(H,36,37,40)/t31-,32+/m0/s1. The van der Waals surface area contributed by atoms with Gasteiger partial charge in [0, 0.05) is 24.4 Å². The molecule has 1 saturated carbocycles. The highest BCUT2D eigenvalue weighted by molar-refractivity contribution is 6.06. The summed E-state index contributed by atoms with van der Waals surface area (Å²) in [5, 5.41) is 2.94. The Morgan fingerprint density at radius 1 is 1.00 bits per heavy atom. The molecule has 218 valence electrons. The van der Waals surface area contributed by atoms with Crippen molar-refractivity contribution >= 4 is 17.6 Å². The first-order valence-electron chi connectivity index (χ1n) is 14.7. The van der Waals surface area contributed by atoms with Gasteiger partial charge in [-0.2, -0.15) is 0 Å². The van der Waals surface area contributed by atoms with Crippen molar-refractivity contribution in [2.24, 2.45) is 0 Å². The Morgan fingerprint density at radius 3 is 2.50 bits per heavy atom. The fraction of sp³-hybridized carbons (Fsp3) is 0.424. The number of hydrogen-bond acceptors (Lipinski definition) is 5. The van der Waals surface area contributed by atoms with E-state index < -0.39 is 28.1 Å². The number of halogens is 2. The molecule has 4 aliphatic rings. The van der Waals surface area contributed by atoms with Crippen molar-refractivity contribution < 1.29 is 23.1 Å². The van der Waals surface area contributed by atoms with Crippen molar-refractivity contribution in [2.45, 2.75) is 61.9 Å². The van der Waals surface area contributed by atoms with E-state index in [4.69, 9.17) is 4.74 Å². The van der Waals surface area contributed by atoms with Gasteiger partial charge in [0.25, 0.3) is 0 Å². The second-order valence-electron chi connectivity index (χ2n) is 12.6. The van der Waals surface area contributed by atoms with Crippen molar-refractivity contribution in [1.82, 2.24) is 14.8 Å². The van der Waals surface area contributed by atoms with E-state index in [9.17, 15) is 18.4 Å². The number of carbonyl (C=O) groups excluding carboxylic acids is 2. The molecule has 2 aliphatic carbocycles. The fourth-order valence-corrected chi connectivity index (χ4v) is 7.94. The van der Waals surface area contributed by atoms with Crippen LogP contribution in [0.3, 0.4) is 0 Å². The van der Waals surface area contributed by atoms with Crippen LogP contribution in [0.5, 0.6) is 5.75 Å². The number of rotatable bonds is 5. The summed E-state index contributed by atoms with van der Waals surface area (Å²) in [6.07, 6.45) is 6.34. The topological polar surface area (TPSA) is 74.8 Å². The minimum Gasteiger partial charge on any atom is -0.492 e. The van der Waals surface area contributed by atoms with E-state index in [-0.39, 0.29) is 25.0 Å². The van der Waals surface area contributed by atoms with E-state index in [0.29, 0.717) is 36.5 Å². The van der Waals surface area contributed by atoms with Crippen LogP contribution < -0.4 is 10.1 Å². The quantitative estimate of drug-likeness (QED) is 0.479. The largest absolute Gasteiger partial charge is 0.492 e. The lowest BCUT2D eigenvalue weighted by molar-refractivity contribution is -0.164. The molecule has 1 saturated heterocycles. The van der Waals surface area contributed by atoms with Crippen molar-refractivity contribution in [3.05, 3.63) is 88.6 Å². The Bertz CT molecular complexity index is 1590. The summed E-state index contributed by atoms with van der Waals surface area (Å²) in [7, 11) is 1.95. The number of nitrogens with zero attached hydrogens (tertiary/aromatic N) is 3. The number of benzene rings is 2. The van der Waals surface area contributed by atoms with Gasteiger partial charge in [0.05, 0.1) is 17.5 Å². The molecule has 2 amide bonds. The van der Waals surface area contributed by atoms with E-state index in [2.05, 4.69) is 15.2 Å². The molecule has 2 atom stereocenters. The summed E-state index contributed by atoms with van der Waals surface area (Å²) in [5.41, 5.74) is 1.33. The molecular formula is C33H34F2N4O3. The van der Waals surface area contributed by atoms with E-state index in [1.807, 2.05) is 44.3 Å². The van der Waals surface area contributed by atoms with Crippen molar-refractivity contribution in [3.63, 3.8) is 0 Å². The number of carbonyl (C=O) groups is 2. The molecule has 1 N–H and O–H groups in total. The number of piperazine rings is 1. The Balaban J connectivity index is 1.12. The second-order valence-corrected chi connectivity index (χ2v) is 12.6. The van der Waals surface area contributed by atoms with Gasteiger partial charge in [-0.3, -0.25) is 14.5 Å². The summed E-state index contributed by atoms with van der Waals surface area (Å²) in [6, 6.07) is 13.2. The first-order chi connectivity index (χ1) is 20.1. The number of fused-ring (bicyclic) bond motifs is 3. The van der Waals surface area contributed by atoms with Crippen molar-refractivity contribution in [2.75, 3.05) is 32.1 Å². The second kappa shape index (κ2) is 9.59. The molecule has 3 heterocycles. The highest BCUT2D eigenvalue weighted by Crippen LogP contribution is 2.48. The van der Waals surface area contributed by atoms with E-state index in [1.165, 1.54) is 12.1 Å². The highest BCUT2D eigenvalue weighted by atomic mass is 19.1. The van der Waals surface area contributed by atoms with Crippen molar-refractivity contribution in [1.29, 1.82) is 0 Å². The summed E-state index contributed by atoms with van der Waals surface area (Å²) >= 11 is 0. The van der Waals surface area contributed by atoms with Crippen LogP contribution in [0, 0.1) is 11.6 Å². The Labute approximate surface area is 243 Å². The van der Waals surface area contributed by atoms with Crippen LogP contribution in [0.2, 0.25) is 0 Å². The fourth-order valence-electron chi connectivity index (χ4n) is 7.94. The van der Waals surface area contributed by atoms with Gasteiger partial charge in [-0.15, -0.1) is 0 Å². The number of amides is 2. The third-order valence-electron chi connectivity index (χ3n) is 10.2. The van der Waals surface area contributed by atoms with Crippen LogP contribution in [0.1, 0.15) is 54.9 Å². The molecule has 9 heteroatoms. The average Bonchev–Trinajstić information content (AvgIpc) is 3.66. The summed E-state index contributed by atoms with van der Waals surface area (Å²) < 4.78 is 34.9. The lowest BCUT2D eigenvalue weighted by atomic mass is 9.79. The normalized spacial score (nSPS) is 26.1. The maximum absolute atomic E-state index is 14.4. The molecule has 0 unspecified atom stereocenters. The lowest BCUT2D eigenvalue weighted by Gasteiger charge is -2.55. The smallest absolute Gasteiger partial charge is 0.243 e. The Hall–Kier alpha value is -3.85. The van der Waals surface area contributed by atoms with Gasteiger partial charge in [0.1, 0.15) is 35.3 Å². The van der Waals surface area contributed by atoms with Gasteiger partial charge >= 0.3 is 0 Å². The number of anilines is 1. The van der Waals surface area contributed by atoms with E-state index in [0.717, 1.165) is 48.4 Å². The zero-order chi connectivity index (χ0) is 29.3. The van der Waals surface area contributed by atoms with Gasteiger partial charge in [0.2, 0.25) is 11.8 Å². The van der Waals surface area contributed by atoms with Crippen LogP contribution in [-0.2, 0) is 33.4 Å². The minimum atomic E-state index is -0.937. The van der Waals surface area contributed by atoms with E-state index >= 15 is 0 Å². The Kier molecular flexibility index (Phi) is 6.17. The van der Waals surface area contributed by atoms with Crippen LogP contribution in [0.4, 0.5) is 14.6 Å². The van der Waals surface area contributed by atoms with Gasteiger partial charge in [-0.25, -0.2) is 13.8 Å². The molecule has 2 aromatic carbocycles. The predicted molar refractivity (Wildman–Crippen MR) is 153 cm³/mol. The molecule has 0 radical (unpaired) electrons. The van der Waals surface area contributed by atoms with Crippen LogP contribution in [0.15, 0.2) is 54.7 Å². The number of likely N-dealkylation sites (N-methyl/N-ethyl adjacent to an activating group) is 1. The number of hydrogen-bond donors (Lipinski definition) is 1. The number of nitrogens with one attached hydrogen (secondary N) is 1. The zero-order valence-corrected chi connectivity index (χ0v) is 23.9. The SMILES string of the molecule is CN1C[C@@](C)(c2cc(F)cc(F)c2)N(CCOc2ccc3c(c2)C[C@@]2(C3)C(=O)Nc3ncccc32)C(=O)C12CCCC2. The van der Waals surface area contributed by atoms with Crippen LogP contribution >= 0.6 is 0 Å². The molecule has 7 nitrogen and oxygen atoms in total. The molecule has 1 aromatic heterocycles. The summed E-state index contributed by atoms with van der Waals surface area (Å²) in [5.74, 6) is -0.0821. The highest BCUT2D eigenvalue weighted by Gasteiger charge is 2.56. The van der Waals surface area contributed by atoms with Gasteiger partial charge in [-0.1, -0.05) is 25.0 Å². The first kappa shape index (κ1) is 27.0. The number of aromatic nitrogens is 1.